The van der Waals surface area contributed by atoms with Gasteiger partial charge >= 0.3 is 12.1 Å². The summed E-state index contributed by atoms with van der Waals surface area (Å²) in [5, 5.41) is 0. The lowest BCUT2D eigenvalue weighted by Gasteiger charge is -2.10. The van der Waals surface area contributed by atoms with Crippen molar-refractivity contribution in [2.24, 2.45) is 0 Å². The van der Waals surface area contributed by atoms with Crippen LogP contribution in [0.5, 0.6) is 0 Å². The molecule has 0 heterocycles. The lowest BCUT2D eigenvalue weighted by Crippen LogP contribution is -2.27. The van der Waals surface area contributed by atoms with Gasteiger partial charge in [0, 0.05) is 0 Å². The van der Waals surface area contributed by atoms with Crippen LogP contribution in [0.2, 0.25) is 0 Å². The van der Waals surface area contributed by atoms with E-state index in [0.717, 1.165) is 0 Å². The molecule has 0 aliphatic carbocycles. The molecule has 0 amide bonds. The van der Waals surface area contributed by atoms with Gasteiger partial charge in [0.2, 0.25) is 5.78 Å². The van der Waals surface area contributed by atoms with Gasteiger partial charge in [0.25, 0.3) is 0 Å². The minimum absolute atomic E-state index is 0.469. The van der Waals surface area contributed by atoms with Gasteiger partial charge in [-0.25, -0.2) is 0 Å². The van der Waals surface area contributed by atoms with Crippen molar-refractivity contribution in [2.75, 3.05) is 0 Å². The second-order valence-electron chi connectivity index (χ2n) is 2.81. The van der Waals surface area contributed by atoms with Crippen LogP contribution in [0.25, 0.3) is 0 Å². The number of carbonyl (C=O) groups excluding carboxylic acids is 2. The fourth-order valence-electron chi connectivity index (χ4n) is 0.581. The molecular weight excluding hydrogens is 201 g/mol. The summed E-state index contributed by atoms with van der Waals surface area (Å²) in [4.78, 5) is 21.0. The number of halogens is 3. The number of hydrogen-bond acceptors (Lipinski definition) is 3. The molecule has 1 atom stereocenters. The van der Waals surface area contributed by atoms with E-state index in [4.69, 9.17) is 0 Å². The predicted octanol–water partition coefficient (Wildman–Crippen LogP) is 1.85. The van der Waals surface area contributed by atoms with Crippen LogP contribution in [0.4, 0.5) is 13.2 Å². The minimum Gasteiger partial charge on any atom is -0.462 e. The van der Waals surface area contributed by atoms with Crippen LogP contribution < -0.4 is 0 Å². The van der Waals surface area contributed by atoms with Crippen molar-refractivity contribution in [1.29, 1.82) is 0 Å². The quantitative estimate of drug-likeness (QED) is 0.527. The summed E-state index contributed by atoms with van der Waals surface area (Å²) in [5.74, 6) is -3.22. The van der Waals surface area contributed by atoms with Gasteiger partial charge in [0.15, 0.2) is 0 Å². The summed E-state index contributed by atoms with van der Waals surface area (Å²) in [5.41, 5.74) is 0. The zero-order valence-corrected chi connectivity index (χ0v) is 7.85. The second kappa shape index (κ2) is 4.97. The number of carbonyl (C=O) groups is 2. The SMILES string of the molecule is CCC(C)OC(=O)CC(=O)C(F)(F)F. The Morgan fingerprint density at radius 2 is 1.86 bits per heavy atom. The number of esters is 1. The molecule has 1 unspecified atom stereocenters. The summed E-state index contributed by atoms with van der Waals surface area (Å²) < 4.78 is 39.5. The number of rotatable bonds is 4. The summed E-state index contributed by atoms with van der Waals surface area (Å²) in [6.07, 6.45) is -6.18. The van der Waals surface area contributed by atoms with Crippen LogP contribution in [0.15, 0.2) is 0 Å². The van der Waals surface area contributed by atoms with Crippen LogP contribution in [0.3, 0.4) is 0 Å². The van der Waals surface area contributed by atoms with E-state index in [2.05, 4.69) is 4.74 Å². The lowest BCUT2D eigenvalue weighted by molar-refractivity contribution is -0.175. The smallest absolute Gasteiger partial charge is 0.450 e. The molecule has 0 aromatic carbocycles. The zero-order valence-electron chi connectivity index (χ0n) is 7.85. The summed E-state index contributed by atoms with van der Waals surface area (Å²) in [6, 6.07) is 0. The summed E-state index contributed by atoms with van der Waals surface area (Å²) in [6.45, 7) is 3.25. The molecule has 0 rings (SSSR count). The third-order valence-electron chi connectivity index (χ3n) is 1.53. The zero-order chi connectivity index (χ0) is 11.4. The van der Waals surface area contributed by atoms with E-state index >= 15 is 0 Å². The van der Waals surface area contributed by atoms with Crippen molar-refractivity contribution in [3.63, 3.8) is 0 Å². The Morgan fingerprint density at radius 1 is 1.36 bits per heavy atom. The Morgan fingerprint density at radius 3 is 2.21 bits per heavy atom. The van der Waals surface area contributed by atoms with Gasteiger partial charge in [-0.1, -0.05) is 6.92 Å². The highest BCUT2D eigenvalue weighted by Crippen LogP contribution is 2.18. The van der Waals surface area contributed by atoms with Crippen molar-refractivity contribution < 1.29 is 27.5 Å². The van der Waals surface area contributed by atoms with Gasteiger partial charge in [-0.05, 0) is 13.3 Å². The van der Waals surface area contributed by atoms with Crippen molar-refractivity contribution >= 4 is 11.8 Å². The molecule has 0 N–H and O–H groups in total. The van der Waals surface area contributed by atoms with Crippen LogP contribution in [-0.4, -0.2) is 24.0 Å². The third-order valence-corrected chi connectivity index (χ3v) is 1.53. The average Bonchev–Trinajstić information content (AvgIpc) is 2.02. The Kier molecular flexibility index (Phi) is 4.59. The van der Waals surface area contributed by atoms with Crippen LogP contribution in [0.1, 0.15) is 26.7 Å². The number of ether oxygens (including phenoxy) is 1. The van der Waals surface area contributed by atoms with Crippen LogP contribution in [-0.2, 0) is 14.3 Å². The number of hydrogen-bond donors (Lipinski definition) is 0. The van der Waals surface area contributed by atoms with Crippen molar-refractivity contribution in [3.8, 4) is 0 Å². The molecule has 14 heavy (non-hydrogen) atoms. The highest BCUT2D eigenvalue weighted by Gasteiger charge is 2.39. The largest absolute Gasteiger partial charge is 0.462 e. The maximum Gasteiger partial charge on any atom is 0.450 e. The van der Waals surface area contributed by atoms with Gasteiger partial charge < -0.3 is 4.74 Å². The minimum atomic E-state index is -4.96. The summed E-state index contributed by atoms with van der Waals surface area (Å²) in [7, 11) is 0. The monoisotopic (exact) mass is 212 g/mol. The first-order chi connectivity index (χ1) is 6.27. The first-order valence-corrected chi connectivity index (χ1v) is 4.06. The fraction of sp³-hybridized carbons (Fsp3) is 0.750. The Balaban J connectivity index is 4.02. The van der Waals surface area contributed by atoms with E-state index < -0.39 is 30.5 Å². The molecule has 0 saturated carbocycles. The number of Topliss-reactive ketones (excluding diaryl/α,β-unsaturated/α-hetero) is 1. The van der Waals surface area contributed by atoms with Crippen molar-refractivity contribution in [3.05, 3.63) is 0 Å². The summed E-state index contributed by atoms with van der Waals surface area (Å²) >= 11 is 0. The van der Waals surface area contributed by atoms with Crippen molar-refractivity contribution in [1.82, 2.24) is 0 Å². The first-order valence-electron chi connectivity index (χ1n) is 4.06. The van der Waals surface area contributed by atoms with Crippen LogP contribution >= 0.6 is 0 Å². The Hall–Kier alpha value is -1.07. The van der Waals surface area contributed by atoms with Crippen LogP contribution in [0, 0.1) is 0 Å². The third kappa shape index (κ3) is 4.84. The maximum absolute atomic E-state index is 11.7. The topological polar surface area (TPSA) is 43.4 Å². The molecular formula is C8H11F3O3. The van der Waals surface area contributed by atoms with Gasteiger partial charge in [-0.2, -0.15) is 13.2 Å². The van der Waals surface area contributed by atoms with E-state index in [9.17, 15) is 22.8 Å². The first kappa shape index (κ1) is 12.9. The average molecular weight is 212 g/mol. The molecule has 0 spiro atoms. The van der Waals surface area contributed by atoms with E-state index in [1.165, 1.54) is 6.92 Å². The maximum atomic E-state index is 11.7. The molecule has 0 bridgehead atoms. The molecule has 0 aliphatic heterocycles. The molecule has 82 valence electrons. The van der Waals surface area contributed by atoms with Gasteiger partial charge in [-0.15, -0.1) is 0 Å². The van der Waals surface area contributed by atoms with E-state index in [-0.39, 0.29) is 0 Å². The van der Waals surface area contributed by atoms with E-state index in [0.29, 0.717) is 6.42 Å². The molecule has 0 saturated heterocycles. The molecule has 0 aliphatic rings. The molecule has 6 heteroatoms. The van der Waals surface area contributed by atoms with Crippen molar-refractivity contribution in [2.45, 2.75) is 39.0 Å². The molecule has 0 aromatic heterocycles. The normalized spacial score (nSPS) is 13.5. The van der Waals surface area contributed by atoms with Gasteiger partial charge in [0.05, 0.1) is 6.10 Å². The molecule has 0 fully saturated rings. The van der Waals surface area contributed by atoms with Gasteiger partial charge in [0.1, 0.15) is 6.42 Å². The molecule has 0 radical (unpaired) electrons. The van der Waals surface area contributed by atoms with E-state index in [1.54, 1.807) is 6.92 Å². The number of ketones is 1. The Bertz CT molecular complexity index is 222. The molecule has 0 aromatic rings. The van der Waals surface area contributed by atoms with Gasteiger partial charge in [-0.3, -0.25) is 9.59 Å². The number of alkyl halides is 3. The standard InChI is InChI=1S/C8H11F3O3/c1-3-5(2)14-7(13)4-6(12)8(9,10)11/h5H,3-4H2,1-2H3. The lowest BCUT2D eigenvalue weighted by atomic mass is 10.2. The van der Waals surface area contributed by atoms with E-state index in [1.807, 2.05) is 0 Å². The highest BCUT2D eigenvalue weighted by atomic mass is 19.4. The predicted molar refractivity (Wildman–Crippen MR) is 41.5 cm³/mol. The Labute approximate surface area is 79.2 Å². The molecule has 3 nitrogen and oxygen atoms in total. The fourth-order valence-corrected chi connectivity index (χ4v) is 0.581. The second-order valence-corrected chi connectivity index (χ2v) is 2.81. The highest BCUT2D eigenvalue weighted by molar-refractivity contribution is 5.98.